The van der Waals surface area contributed by atoms with Crippen LogP contribution < -0.4 is 15.4 Å². The highest BCUT2D eigenvalue weighted by molar-refractivity contribution is 14.0. The summed E-state index contributed by atoms with van der Waals surface area (Å²) in [5.74, 6) is 1.72. The van der Waals surface area contributed by atoms with E-state index in [1.807, 2.05) is 18.2 Å². The summed E-state index contributed by atoms with van der Waals surface area (Å²) >= 11 is 0. The normalized spacial score (nSPS) is 10.9. The van der Waals surface area contributed by atoms with Crippen molar-refractivity contribution in [3.63, 3.8) is 0 Å². The summed E-state index contributed by atoms with van der Waals surface area (Å²) in [5, 5.41) is 6.57. The molecule has 0 spiro atoms. The molecule has 1 rings (SSSR count). The molecule has 0 aromatic heterocycles. The Bertz CT molecular complexity index is 458. The Morgan fingerprint density at radius 1 is 1.04 bits per heavy atom. The van der Waals surface area contributed by atoms with Crippen molar-refractivity contribution in [3.8, 4) is 5.75 Å². The fraction of sp³-hybridized carbons (Fsp3) is 0.588. The van der Waals surface area contributed by atoms with Crippen molar-refractivity contribution < 1.29 is 14.2 Å². The van der Waals surface area contributed by atoms with Crippen LogP contribution in [0.25, 0.3) is 0 Å². The smallest absolute Gasteiger partial charge is 0.190 e. The van der Waals surface area contributed by atoms with E-state index in [4.69, 9.17) is 14.2 Å². The molecule has 1 aromatic carbocycles. The number of para-hydroxylation sites is 1. The summed E-state index contributed by atoms with van der Waals surface area (Å²) in [7, 11) is 5.14. The Labute approximate surface area is 162 Å². The Morgan fingerprint density at radius 3 is 2.50 bits per heavy atom. The average molecular weight is 451 g/mol. The molecule has 24 heavy (non-hydrogen) atoms. The van der Waals surface area contributed by atoms with Crippen molar-refractivity contribution in [1.82, 2.24) is 10.6 Å². The molecule has 0 amide bonds. The molecular weight excluding hydrogens is 421 g/mol. The Hall–Kier alpha value is -1.06. The highest BCUT2D eigenvalue weighted by Gasteiger charge is 2.02. The molecule has 0 atom stereocenters. The van der Waals surface area contributed by atoms with Crippen LogP contribution in [0.1, 0.15) is 12.0 Å². The molecule has 0 heterocycles. The van der Waals surface area contributed by atoms with Crippen LogP contribution in [0.15, 0.2) is 29.3 Å². The van der Waals surface area contributed by atoms with E-state index in [9.17, 15) is 0 Å². The molecule has 6 nitrogen and oxygen atoms in total. The summed E-state index contributed by atoms with van der Waals surface area (Å²) in [6.45, 7) is 3.61. The molecule has 0 saturated carbocycles. The van der Waals surface area contributed by atoms with Gasteiger partial charge in [-0.3, -0.25) is 4.99 Å². The maximum absolute atomic E-state index is 5.41. The number of rotatable bonds is 11. The highest BCUT2D eigenvalue weighted by atomic mass is 127. The monoisotopic (exact) mass is 451 g/mol. The molecule has 0 aliphatic carbocycles. The number of nitrogens with one attached hydrogen (secondary N) is 2. The number of nitrogens with zero attached hydrogens (tertiary/aromatic N) is 1. The van der Waals surface area contributed by atoms with Crippen molar-refractivity contribution in [3.05, 3.63) is 29.8 Å². The number of halogens is 1. The van der Waals surface area contributed by atoms with E-state index in [1.165, 1.54) is 5.56 Å². The Morgan fingerprint density at radius 2 is 1.79 bits per heavy atom. The second-order valence-corrected chi connectivity index (χ2v) is 4.95. The van der Waals surface area contributed by atoms with Crippen molar-refractivity contribution in [1.29, 1.82) is 0 Å². The van der Waals surface area contributed by atoms with Crippen LogP contribution in [0.4, 0.5) is 0 Å². The lowest BCUT2D eigenvalue weighted by atomic mass is 10.1. The van der Waals surface area contributed by atoms with Crippen LogP contribution in [0, 0.1) is 0 Å². The van der Waals surface area contributed by atoms with E-state index in [0.29, 0.717) is 19.8 Å². The Balaban J connectivity index is 0.00000529. The van der Waals surface area contributed by atoms with Gasteiger partial charge in [-0.25, -0.2) is 0 Å². The van der Waals surface area contributed by atoms with Crippen LogP contribution in [0.3, 0.4) is 0 Å². The van der Waals surface area contributed by atoms with Crippen LogP contribution in [0.5, 0.6) is 5.75 Å². The molecular formula is C17H30IN3O3. The van der Waals surface area contributed by atoms with Gasteiger partial charge in [0.05, 0.1) is 20.3 Å². The third-order valence-electron chi connectivity index (χ3n) is 3.29. The van der Waals surface area contributed by atoms with E-state index in [2.05, 4.69) is 21.7 Å². The van der Waals surface area contributed by atoms with E-state index in [1.54, 1.807) is 21.3 Å². The largest absolute Gasteiger partial charge is 0.496 e. The minimum absolute atomic E-state index is 0. The molecule has 0 radical (unpaired) electrons. The van der Waals surface area contributed by atoms with E-state index >= 15 is 0 Å². The third-order valence-corrected chi connectivity index (χ3v) is 3.29. The molecule has 0 unspecified atom stereocenters. The van der Waals surface area contributed by atoms with Gasteiger partial charge in [0.1, 0.15) is 5.75 Å². The lowest BCUT2D eigenvalue weighted by Crippen LogP contribution is -2.39. The predicted molar refractivity (Wildman–Crippen MR) is 109 cm³/mol. The molecule has 0 aliphatic rings. The maximum Gasteiger partial charge on any atom is 0.190 e. The van der Waals surface area contributed by atoms with E-state index in [0.717, 1.165) is 37.6 Å². The molecule has 1 aromatic rings. The second kappa shape index (κ2) is 15.5. The number of methoxy groups -OCH3 is 2. The molecule has 0 bridgehead atoms. The SMILES string of the molecule is CN=C(NCCCOCCOC)NCCc1ccccc1OC.I. The van der Waals surface area contributed by atoms with Gasteiger partial charge in [-0.2, -0.15) is 0 Å². The molecule has 7 heteroatoms. The first kappa shape index (κ1) is 22.9. The fourth-order valence-electron chi connectivity index (χ4n) is 2.07. The van der Waals surface area contributed by atoms with E-state index in [-0.39, 0.29) is 24.0 Å². The average Bonchev–Trinajstić information content (AvgIpc) is 2.59. The van der Waals surface area contributed by atoms with Crippen molar-refractivity contribution in [2.45, 2.75) is 12.8 Å². The lowest BCUT2D eigenvalue weighted by Gasteiger charge is -2.13. The van der Waals surface area contributed by atoms with Crippen molar-refractivity contribution in [2.24, 2.45) is 4.99 Å². The molecule has 138 valence electrons. The lowest BCUT2D eigenvalue weighted by molar-refractivity contribution is 0.0698. The minimum Gasteiger partial charge on any atom is -0.496 e. The van der Waals surface area contributed by atoms with Gasteiger partial charge in [0.2, 0.25) is 0 Å². The van der Waals surface area contributed by atoms with Gasteiger partial charge in [0.25, 0.3) is 0 Å². The summed E-state index contributed by atoms with van der Waals surface area (Å²) in [5.41, 5.74) is 1.18. The fourth-order valence-corrected chi connectivity index (χ4v) is 2.07. The van der Waals surface area contributed by atoms with Crippen molar-refractivity contribution >= 4 is 29.9 Å². The van der Waals surface area contributed by atoms with Gasteiger partial charge >= 0.3 is 0 Å². The number of guanidine groups is 1. The quantitative estimate of drug-likeness (QED) is 0.234. The molecule has 0 aliphatic heterocycles. The topological polar surface area (TPSA) is 64.1 Å². The number of benzene rings is 1. The minimum atomic E-state index is 0. The van der Waals surface area contributed by atoms with Gasteiger partial charge in [0, 0.05) is 33.9 Å². The van der Waals surface area contributed by atoms with Crippen LogP contribution in [-0.4, -0.2) is 60.1 Å². The first-order valence-corrected chi connectivity index (χ1v) is 7.95. The predicted octanol–water partition coefficient (Wildman–Crippen LogP) is 2.07. The van der Waals surface area contributed by atoms with Gasteiger partial charge in [-0.15, -0.1) is 24.0 Å². The molecule has 2 N–H and O–H groups in total. The maximum atomic E-state index is 5.41. The zero-order chi connectivity index (χ0) is 16.8. The van der Waals surface area contributed by atoms with Gasteiger partial charge in [0.15, 0.2) is 5.96 Å². The second-order valence-electron chi connectivity index (χ2n) is 4.95. The Kier molecular flexibility index (Phi) is 14.8. The molecule has 0 fully saturated rings. The number of aliphatic imine (C=N–C) groups is 1. The van der Waals surface area contributed by atoms with Crippen LogP contribution >= 0.6 is 24.0 Å². The number of ether oxygens (including phenoxy) is 3. The van der Waals surface area contributed by atoms with Crippen molar-refractivity contribution in [2.75, 3.05) is 54.2 Å². The summed E-state index contributed by atoms with van der Waals surface area (Å²) < 4.78 is 15.7. The van der Waals surface area contributed by atoms with Crippen LogP contribution in [0.2, 0.25) is 0 Å². The van der Waals surface area contributed by atoms with E-state index < -0.39 is 0 Å². The first-order chi connectivity index (χ1) is 11.3. The summed E-state index contributed by atoms with van der Waals surface area (Å²) in [6.07, 6.45) is 1.81. The highest BCUT2D eigenvalue weighted by Crippen LogP contribution is 2.17. The van der Waals surface area contributed by atoms with Gasteiger partial charge in [-0.05, 0) is 24.5 Å². The van der Waals surface area contributed by atoms with Gasteiger partial charge in [-0.1, -0.05) is 18.2 Å². The summed E-state index contributed by atoms with van der Waals surface area (Å²) in [4.78, 5) is 4.21. The summed E-state index contributed by atoms with van der Waals surface area (Å²) in [6, 6.07) is 8.06. The number of hydrogen-bond acceptors (Lipinski definition) is 4. The molecule has 0 saturated heterocycles. The third kappa shape index (κ3) is 9.94. The van der Waals surface area contributed by atoms with Crippen LogP contribution in [-0.2, 0) is 15.9 Å². The standard InChI is InChI=1S/C17H29N3O3.HI/c1-18-17(19-10-6-12-23-14-13-21-2)20-11-9-15-7-4-5-8-16(15)22-3;/h4-5,7-8H,6,9-14H2,1-3H3,(H2,18,19,20);1H. The zero-order valence-electron chi connectivity index (χ0n) is 14.8. The zero-order valence-corrected chi connectivity index (χ0v) is 17.2. The number of hydrogen-bond donors (Lipinski definition) is 2. The first-order valence-electron chi connectivity index (χ1n) is 7.95. The van der Waals surface area contributed by atoms with Gasteiger partial charge < -0.3 is 24.8 Å².